The number of likely N-dealkylation sites (N-methyl/N-ethyl adjacent to an activating group) is 1. The standard InChI is InChI=1S/C10H22N2O2S/c1-3-15(13,14)8-7-12(2)9-10-5-4-6-11-10/h10-11H,3-9H2,1-2H3. The molecule has 0 aromatic heterocycles. The molecule has 0 radical (unpaired) electrons. The Morgan fingerprint density at radius 1 is 1.47 bits per heavy atom. The van der Waals surface area contributed by atoms with E-state index in [9.17, 15) is 8.42 Å². The van der Waals surface area contributed by atoms with Crippen LogP contribution in [0.1, 0.15) is 19.8 Å². The molecule has 1 fully saturated rings. The highest BCUT2D eigenvalue weighted by molar-refractivity contribution is 7.91. The van der Waals surface area contributed by atoms with Gasteiger partial charge in [-0.1, -0.05) is 6.92 Å². The molecule has 0 amide bonds. The van der Waals surface area contributed by atoms with E-state index in [4.69, 9.17) is 0 Å². The molecule has 0 aromatic carbocycles. The van der Waals surface area contributed by atoms with E-state index in [1.54, 1.807) is 6.92 Å². The SMILES string of the molecule is CCS(=O)(=O)CCN(C)CC1CCCN1. The molecular formula is C10H22N2O2S. The first-order valence-electron chi connectivity index (χ1n) is 5.66. The van der Waals surface area contributed by atoms with E-state index < -0.39 is 9.84 Å². The molecule has 0 spiro atoms. The average molecular weight is 234 g/mol. The summed E-state index contributed by atoms with van der Waals surface area (Å²) in [6.45, 7) is 4.41. The Balaban J connectivity index is 2.20. The van der Waals surface area contributed by atoms with Gasteiger partial charge in [-0.25, -0.2) is 8.42 Å². The van der Waals surface area contributed by atoms with Gasteiger partial charge in [0.1, 0.15) is 0 Å². The molecule has 5 heteroatoms. The zero-order valence-electron chi connectivity index (χ0n) is 9.70. The summed E-state index contributed by atoms with van der Waals surface area (Å²) in [6.07, 6.45) is 2.45. The lowest BCUT2D eigenvalue weighted by Crippen LogP contribution is -2.37. The topological polar surface area (TPSA) is 49.4 Å². The van der Waals surface area contributed by atoms with Gasteiger partial charge in [-0.05, 0) is 26.4 Å². The average Bonchev–Trinajstić information content (AvgIpc) is 2.68. The fraction of sp³-hybridized carbons (Fsp3) is 1.00. The number of rotatable bonds is 6. The van der Waals surface area contributed by atoms with Crippen LogP contribution < -0.4 is 5.32 Å². The van der Waals surface area contributed by atoms with E-state index >= 15 is 0 Å². The largest absolute Gasteiger partial charge is 0.313 e. The van der Waals surface area contributed by atoms with Crippen molar-refractivity contribution < 1.29 is 8.42 Å². The molecule has 15 heavy (non-hydrogen) atoms. The Kier molecular flexibility index (Phi) is 5.02. The Morgan fingerprint density at radius 2 is 2.20 bits per heavy atom. The zero-order chi connectivity index (χ0) is 11.3. The van der Waals surface area contributed by atoms with E-state index in [0.29, 0.717) is 12.6 Å². The van der Waals surface area contributed by atoms with Crippen molar-refractivity contribution in [1.29, 1.82) is 0 Å². The summed E-state index contributed by atoms with van der Waals surface area (Å²) >= 11 is 0. The van der Waals surface area contributed by atoms with Crippen LogP contribution in [-0.4, -0.2) is 57.5 Å². The third-order valence-corrected chi connectivity index (χ3v) is 4.60. The minimum atomic E-state index is -2.81. The van der Waals surface area contributed by atoms with Crippen LogP contribution in [0.3, 0.4) is 0 Å². The number of hydrogen-bond donors (Lipinski definition) is 1. The number of nitrogens with zero attached hydrogens (tertiary/aromatic N) is 1. The van der Waals surface area contributed by atoms with Gasteiger partial charge in [0.15, 0.2) is 9.84 Å². The van der Waals surface area contributed by atoms with Gasteiger partial charge in [-0.15, -0.1) is 0 Å². The minimum Gasteiger partial charge on any atom is -0.313 e. The second-order valence-corrected chi connectivity index (χ2v) is 6.76. The van der Waals surface area contributed by atoms with Crippen molar-refractivity contribution in [3.63, 3.8) is 0 Å². The minimum absolute atomic E-state index is 0.252. The van der Waals surface area contributed by atoms with Crippen molar-refractivity contribution in [2.45, 2.75) is 25.8 Å². The Hall–Kier alpha value is -0.130. The zero-order valence-corrected chi connectivity index (χ0v) is 10.5. The maximum atomic E-state index is 11.3. The monoisotopic (exact) mass is 234 g/mol. The van der Waals surface area contributed by atoms with Gasteiger partial charge in [0.25, 0.3) is 0 Å². The van der Waals surface area contributed by atoms with Crippen LogP contribution in [-0.2, 0) is 9.84 Å². The number of sulfone groups is 1. The van der Waals surface area contributed by atoms with Gasteiger partial charge in [-0.2, -0.15) is 0 Å². The van der Waals surface area contributed by atoms with Crippen LogP contribution in [0.25, 0.3) is 0 Å². The molecule has 1 heterocycles. The second kappa shape index (κ2) is 5.82. The molecule has 1 unspecified atom stereocenters. The molecule has 0 aliphatic carbocycles. The third kappa shape index (κ3) is 4.95. The third-order valence-electron chi connectivity index (χ3n) is 2.92. The molecule has 0 aromatic rings. The maximum Gasteiger partial charge on any atom is 0.151 e. The first-order chi connectivity index (χ1) is 7.03. The highest BCUT2D eigenvalue weighted by Crippen LogP contribution is 2.06. The number of hydrogen-bond acceptors (Lipinski definition) is 4. The quantitative estimate of drug-likeness (QED) is 0.708. The van der Waals surface area contributed by atoms with Crippen molar-refractivity contribution in [2.75, 3.05) is 38.2 Å². The van der Waals surface area contributed by atoms with Crippen molar-refractivity contribution in [3.05, 3.63) is 0 Å². The molecule has 1 aliphatic heterocycles. The van der Waals surface area contributed by atoms with Gasteiger partial charge in [-0.3, -0.25) is 0 Å². The van der Waals surface area contributed by atoms with E-state index in [1.807, 2.05) is 7.05 Å². The highest BCUT2D eigenvalue weighted by atomic mass is 32.2. The molecule has 0 saturated carbocycles. The molecule has 1 aliphatic rings. The van der Waals surface area contributed by atoms with Crippen LogP contribution >= 0.6 is 0 Å². The normalized spacial score (nSPS) is 22.5. The predicted octanol–water partition coefficient (Wildman–Crippen LogP) is 0.105. The fourth-order valence-corrected chi connectivity index (χ4v) is 2.70. The summed E-state index contributed by atoms with van der Waals surface area (Å²) in [7, 11) is -0.819. The first-order valence-corrected chi connectivity index (χ1v) is 7.48. The maximum absolute atomic E-state index is 11.3. The highest BCUT2D eigenvalue weighted by Gasteiger charge is 2.16. The van der Waals surface area contributed by atoms with Crippen molar-refractivity contribution >= 4 is 9.84 Å². The summed E-state index contributed by atoms with van der Waals surface area (Å²) in [6, 6.07) is 0.555. The van der Waals surface area contributed by atoms with Crippen LogP contribution in [0, 0.1) is 0 Å². The summed E-state index contributed by atoms with van der Waals surface area (Å²) in [5.41, 5.74) is 0. The van der Waals surface area contributed by atoms with Crippen molar-refractivity contribution in [2.24, 2.45) is 0 Å². The van der Waals surface area contributed by atoms with Crippen LogP contribution in [0.4, 0.5) is 0 Å². The summed E-state index contributed by atoms with van der Waals surface area (Å²) < 4.78 is 22.6. The Labute approximate surface area is 93.0 Å². The summed E-state index contributed by atoms with van der Waals surface area (Å²) in [5.74, 6) is 0.537. The lowest BCUT2D eigenvalue weighted by Gasteiger charge is -2.20. The van der Waals surface area contributed by atoms with E-state index in [2.05, 4.69) is 10.2 Å². The van der Waals surface area contributed by atoms with Crippen molar-refractivity contribution in [3.8, 4) is 0 Å². The lowest BCUT2D eigenvalue weighted by atomic mass is 10.2. The van der Waals surface area contributed by atoms with Crippen LogP contribution in [0.5, 0.6) is 0 Å². The van der Waals surface area contributed by atoms with Gasteiger partial charge in [0, 0.05) is 24.9 Å². The van der Waals surface area contributed by atoms with Gasteiger partial charge >= 0.3 is 0 Å². The van der Waals surface area contributed by atoms with Gasteiger partial charge in [0.2, 0.25) is 0 Å². The molecule has 1 atom stereocenters. The Bertz CT molecular complexity index is 271. The van der Waals surface area contributed by atoms with Gasteiger partial charge < -0.3 is 10.2 Å². The first kappa shape index (κ1) is 12.9. The number of nitrogens with one attached hydrogen (secondary N) is 1. The van der Waals surface area contributed by atoms with Gasteiger partial charge in [0.05, 0.1) is 5.75 Å². The van der Waals surface area contributed by atoms with Crippen LogP contribution in [0.2, 0.25) is 0 Å². The second-order valence-electron chi connectivity index (χ2n) is 4.29. The van der Waals surface area contributed by atoms with Crippen molar-refractivity contribution in [1.82, 2.24) is 10.2 Å². The molecule has 0 bridgehead atoms. The predicted molar refractivity (Wildman–Crippen MR) is 62.8 cm³/mol. The molecule has 1 rings (SSSR count). The summed E-state index contributed by atoms with van der Waals surface area (Å²) in [4.78, 5) is 2.11. The molecule has 4 nitrogen and oxygen atoms in total. The summed E-state index contributed by atoms with van der Waals surface area (Å²) in [5, 5.41) is 3.41. The van der Waals surface area contributed by atoms with E-state index in [-0.39, 0.29) is 11.5 Å². The molecule has 1 N–H and O–H groups in total. The fourth-order valence-electron chi connectivity index (χ4n) is 1.82. The van der Waals surface area contributed by atoms with Crippen LogP contribution in [0.15, 0.2) is 0 Å². The molecule has 1 saturated heterocycles. The lowest BCUT2D eigenvalue weighted by molar-refractivity contribution is 0.315. The Morgan fingerprint density at radius 3 is 2.73 bits per heavy atom. The molecular weight excluding hydrogens is 212 g/mol. The van der Waals surface area contributed by atoms with E-state index in [1.165, 1.54) is 12.8 Å². The van der Waals surface area contributed by atoms with E-state index in [0.717, 1.165) is 13.1 Å². The molecule has 90 valence electrons. The smallest absolute Gasteiger partial charge is 0.151 e.